The molecule has 0 aliphatic rings. The van der Waals surface area contributed by atoms with Crippen molar-refractivity contribution in [2.24, 2.45) is 0 Å². The minimum Gasteiger partial charge on any atom is -0.385 e. The molecule has 0 fully saturated rings. The number of carbonyl (C=O) groups excluding carboxylic acids is 1. The van der Waals surface area contributed by atoms with Crippen molar-refractivity contribution in [1.82, 2.24) is 9.97 Å². The van der Waals surface area contributed by atoms with E-state index in [1.807, 2.05) is 0 Å². The lowest BCUT2D eigenvalue weighted by molar-refractivity contribution is -0.137. The lowest BCUT2D eigenvalue weighted by Crippen LogP contribution is -2.16. The van der Waals surface area contributed by atoms with Gasteiger partial charge in [-0.1, -0.05) is 11.6 Å². The molecular formula is C16H16ClF3N4O2. The van der Waals surface area contributed by atoms with E-state index in [9.17, 15) is 18.0 Å². The Morgan fingerprint density at radius 3 is 2.77 bits per heavy atom. The molecular weight excluding hydrogens is 373 g/mol. The third-order valence-corrected chi connectivity index (χ3v) is 3.56. The molecule has 1 amide bonds. The molecule has 1 aromatic heterocycles. The van der Waals surface area contributed by atoms with E-state index in [0.29, 0.717) is 13.2 Å². The number of nitrogens with one attached hydrogen (secondary N) is 2. The summed E-state index contributed by atoms with van der Waals surface area (Å²) in [5.74, 6) is -0.427. The molecule has 1 aromatic carbocycles. The van der Waals surface area contributed by atoms with Crippen LogP contribution in [0.2, 0.25) is 5.02 Å². The van der Waals surface area contributed by atoms with Gasteiger partial charge < -0.3 is 15.4 Å². The number of nitrogens with zero attached hydrogens (tertiary/aromatic N) is 2. The van der Waals surface area contributed by atoms with E-state index in [-0.39, 0.29) is 17.3 Å². The first kappa shape index (κ1) is 19.9. The first-order chi connectivity index (χ1) is 12.3. The fraction of sp³-hybridized carbons (Fsp3) is 0.312. The summed E-state index contributed by atoms with van der Waals surface area (Å²) in [6, 6.07) is 4.48. The maximum Gasteiger partial charge on any atom is 0.417 e. The number of alkyl halides is 3. The Morgan fingerprint density at radius 1 is 1.31 bits per heavy atom. The lowest BCUT2D eigenvalue weighted by atomic mass is 10.2. The summed E-state index contributed by atoms with van der Waals surface area (Å²) in [5, 5.41) is 4.85. The quantitative estimate of drug-likeness (QED) is 0.704. The second-order valence-corrected chi connectivity index (χ2v) is 5.59. The molecule has 6 nitrogen and oxygen atoms in total. The van der Waals surface area contributed by atoms with Crippen molar-refractivity contribution in [2.75, 3.05) is 30.9 Å². The van der Waals surface area contributed by atoms with Crippen molar-refractivity contribution in [2.45, 2.75) is 12.6 Å². The molecule has 2 aromatic rings. The number of rotatable bonds is 7. The van der Waals surface area contributed by atoms with Crippen molar-refractivity contribution in [1.29, 1.82) is 0 Å². The van der Waals surface area contributed by atoms with Gasteiger partial charge >= 0.3 is 6.18 Å². The highest BCUT2D eigenvalue weighted by molar-refractivity contribution is 6.31. The Kier molecular flexibility index (Phi) is 6.76. The third kappa shape index (κ3) is 5.57. The van der Waals surface area contributed by atoms with Crippen LogP contribution >= 0.6 is 11.6 Å². The summed E-state index contributed by atoms with van der Waals surface area (Å²) >= 11 is 5.56. The summed E-state index contributed by atoms with van der Waals surface area (Å²) in [6.07, 6.45) is -2.52. The number of aromatic nitrogens is 2. The Balaban J connectivity index is 2.08. The second kappa shape index (κ2) is 8.81. The van der Waals surface area contributed by atoms with Gasteiger partial charge in [0.25, 0.3) is 5.91 Å². The summed E-state index contributed by atoms with van der Waals surface area (Å²) in [7, 11) is 1.59. The number of carbonyl (C=O) groups is 1. The van der Waals surface area contributed by atoms with E-state index in [0.717, 1.165) is 18.6 Å². The average Bonchev–Trinajstić information content (AvgIpc) is 2.59. The van der Waals surface area contributed by atoms with E-state index in [1.165, 1.54) is 18.3 Å². The lowest BCUT2D eigenvalue weighted by Gasteiger charge is -2.12. The van der Waals surface area contributed by atoms with Gasteiger partial charge in [0.15, 0.2) is 0 Å². The summed E-state index contributed by atoms with van der Waals surface area (Å²) in [6.45, 7) is 1.11. The summed E-state index contributed by atoms with van der Waals surface area (Å²) in [5.41, 5.74) is -1.06. The molecule has 0 spiro atoms. The Labute approximate surface area is 152 Å². The molecule has 2 rings (SSSR count). The molecule has 0 aliphatic heterocycles. The Bertz CT molecular complexity index is 771. The van der Waals surface area contributed by atoms with Crippen LogP contribution in [0.4, 0.5) is 24.8 Å². The Morgan fingerprint density at radius 2 is 2.08 bits per heavy atom. The highest BCUT2D eigenvalue weighted by Gasteiger charge is 2.33. The first-order valence-electron chi connectivity index (χ1n) is 7.55. The van der Waals surface area contributed by atoms with Gasteiger partial charge in [-0.15, -0.1) is 0 Å². The maximum atomic E-state index is 12.9. The van der Waals surface area contributed by atoms with Gasteiger partial charge in [-0.2, -0.15) is 13.2 Å². The van der Waals surface area contributed by atoms with Crippen LogP contribution in [0, 0.1) is 0 Å². The van der Waals surface area contributed by atoms with Crippen molar-refractivity contribution in [3.63, 3.8) is 0 Å². The van der Waals surface area contributed by atoms with Crippen molar-refractivity contribution >= 4 is 29.1 Å². The molecule has 0 saturated heterocycles. The molecule has 0 atom stereocenters. The van der Waals surface area contributed by atoms with Crippen molar-refractivity contribution in [3.05, 3.63) is 46.7 Å². The maximum absolute atomic E-state index is 12.9. The van der Waals surface area contributed by atoms with Gasteiger partial charge in [-0.3, -0.25) is 4.79 Å². The van der Waals surface area contributed by atoms with E-state index >= 15 is 0 Å². The molecule has 10 heteroatoms. The van der Waals surface area contributed by atoms with Crippen LogP contribution in [0.3, 0.4) is 0 Å². The average molecular weight is 389 g/mol. The van der Waals surface area contributed by atoms with Crippen LogP contribution in [0.15, 0.2) is 30.5 Å². The molecule has 0 radical (unpaired) electrons. The predicted molar refractivity (Wildman–Crippen MR) is 91.4 cm³/mol. The normalized spacial score (nSPS) is 11.3. The van der Waals surface area contributed by atoms with E-state index in [2.05, 4.69) is 20.6 Å². The zero-order valence-corrected chi connectivity index (χ0v) is 14.5. The molecule has 1 heterocycles. The number of ether oxygens (including phenoxy) is 1. The van der Waals surface area contributed by atoms with Gasteiger partial charge in [0.05, 0.1) is 10.6 Å². The number of methoxy groups -OCH3 is 1. The van der Waals surface area contributed by atoms with Crippen LogP contribution in [0.25, 0.3) is 0 Å². The second-order valence-electron chi connectivity index (χ2n) is 5.19. The number of hydrogen-bond acceptors (Lipinski definition) is 5. The zero-order chi connectivity index (χ0) is 19.2. The fourth-order valence-electron chi connectivity index (χ4n) is 2.00. The predicted octanol–water partition coefficient (Wildman–Crippen LogP) is 3.85. The number of anilines is 2. The molecule has 0 saturated carbocycles. The number of benzene rings is 1. The molecule has 0 bridgehead atoms. The first-order valence-corrected chi connectivity index (χ1v) is 7.93. The van der Waals surface area contributed by atoms with Crippen molar-refractivity contribution in [3.8, 4) is 0 Å². The van der Waals surface area contributed by atoms with E-state index in [4.69, 9.17) is 16.3 Å². The van der Waals surface area contributed by atoms with Crippen LogP contribution in [0.5, 0.6) is 0 Å². The van der Waals surface area contributed by atoms with Crippen molar-refractivity contribution < 1.29 is 22.7 Å². The van der Waals surface area contributed by atoms with Crippen LogP contribution in [-0.2, 0) is 10.9 Å². The molecule has 2 N–H and O–H groups in total. The highest BCUT2D eigenvalue weighted by Crippen LogP contribution is 2.36. The van der Waals surface area contributed by atoms with Crippen LogP contribution in [-0.4, -0.2) is 36.1 Å². The molecule has 26 heavy (non-hydrogen) atoms. The third-order valence-electron chi connectivity index (χ3n) is 3.23. The van der Waals surface area contributed by atoms with Gasteiger partial charge in [-0.05, 0) is 30.7 Å². The standard InChI is InChI=1S/C16H16ClF3N4O2/c1-26-8-2-6-21-15-22-7-5-13(24-15)14(25)23-10-3-4-12(17)11(9-10)16(18,19)20/h3-5,7,9H,2,6,8H2,1H3,(H,23,25)(H,21,22,24). The summed E-state index contributed by atoms with van der Waals surface area (Å²) < 4.78 is 43.6. The zero-order valence-electron chi connectivity index (χ0n) is 13.7. The summed E-state index contributed by atoms with van der Waals surface area (Å²) in [4.78, 5) is 20.2. The van der Waals surface area contributed by atoms with Gasteiger partial charge in [0.2, 0.25) is 5.95 Å². The molecule has 140 valence electrons. The van der Waals surface area contributed by atoms with E-state index in [1.54, 1.807) is 7.11 Å². The monoisotopic (exact) mass is 388 g/mol. The minimum atomic E-state index is -4.62. The number of halogens is 4. The Hall–Kier alpha value is -2.39. The molecule has 0 aliphatic carbocycles. The molecule has 0 unspecified atom stereocenters. The van der Waals surface area contributed by atoms with E-state index < -0.39 is 22.7 Å². The number of hydrogen-bond donors (Lipinski definition) is 2. The topological polar surface area (TPSA) is 76.1 Å². The van der Waals surface area contributed by atoms with Gasteiger partial charge in [-0.25, -0.2) is 9.97 Å². The van der Waals surface area contributed by atoms with Crippen LogP contribution in [0.1, 0.15) is 22.5 Å². The van der Waals surface area contributed by atoms with Gasteiger partial charge in [0.1, 0.15) is 5.69 Å². The minimum absolute atomic E-state index is 0.0118. The SMILES string of the molecule is COCCCNc1nccc(C(=O)Nc2ccc(Cl)c(C(F)(F)F)c2)n1. The fourth-order valence-corrected chi connectivity index (χ4v) is 2.23. The largest absolute Gasteiger partial charge is 0.417 e. The number of amides is 1. The smallest absolute Gasteiger partial charge is 0.385 e. The van der Waals surface area contributed by atoms with Crippen LogP contribution < -0.4 is 10.6 Å². The highest BCUT2D eigenvalue weighted by atomic mass is 35.5. The van der Waals surface area contributed by atoms with Gasteiger partial charge in [0, 0.05) is 32.1 Å².